The summed E-state index contributed by atoms with van der Waals surface area (Å²) in [7, 11) is 1.73. The van der Waals surface area contributed by atoms with Crippen molar-refractivity contribution in [2.75, 3.05) is 18.9 Å². The van der Waals surface area contributed by atoms with Crippen LogP contribution in [0.4, 0.5) is 5.82 Å². The lowest BCUT2D eigenvalue weighted by Gasteiger charge is -2.20. The highest BCUT2D eigenvalue weighted by atomic mass is 79.9. The third-order valence-corrected chi connectivity index (χ3v) is 3.53. The number of esters is 1. The molecule has 108 valence electrons. The summed E-state index contributed by atoms with van der Waals surface area (Å²) in [6, 6.07) is 3.14. The van der Waals surface area contributed by atoms with Gasteiger partial charge in [-0.3, -0.25) is 14.5 Å². The predicted molar refractivity (Wildman–Crippen MR) is 77.2 cm³/mol. The first-order valence-corrected chi connectivity index (χ1v) is 7.07. The Morgan fingerprint density at radius 3 is 2.90 bits per heavy atom. The van der Waals surface area contributed by atoms with Crippen LogP contribution in [0.15, 0.2) is 22.8 Å². The van der Waals surface area contributed by atoms with Crippen LogP contribution in [0, 0.1) is 0 Å². The van der Waals surface area contributed by atoms with Crippen molar-refractivity contribution in [1.29, 1.82) is 0 Å². The van der Waals surface area contributed by atoms with Gasteiger partial charge >= 0.3 is 5.97 Å². The summed E-state index contributed by atoms with van der Waals surface area (Å²) in [5.41, 5.74) is 0. The number of amides is 1. The van der Waals surface area contributed by atoms with Crippen molar-refractivity contribution >= 4 is 33.6 Å². The highest BCUT2D eigenvalue weighted by Gasteiger charge is 2.35. The van der Waals surface area contributed by atoms with Gasteiger partial charge in [-0.05, 0) is 42.0 Å². The first-order valence-electron chi connectivity index (χ1n) is 6.28. The van der Waals surface area contributed by atoms with Crippen LogP contribution in [0.1, 0.15) is 13.3 Å². The second kappa shape index (κ2) is 6.32. The number of likely N-dealkylation sites (N-methyl/N-ethyl adjacent to an activating group) is 1. The van der Waals surface area contributed by atoms with Crippen molar-refractivity contribution in [2.24, 2.45) is 0 Å². The van der Waals surface area contributed by atoms with E-state index in [0.717, 1.165) is 4.47 Å². The van der Waals surface area contributed by atoms with Gasteiger partial charge < -0.3 is 10.1 Å². The molecule has 1 aliphatic rings. The van der Waals surface area contributed by atoms with Gasteiger partial charge in [0.1, 0.15) is 18.0 Å². The quantitative estimate of drug-likeness (QED) is 0.838. The van der Waals surface area contributed by atoms with Crippen LogP contribution in [-0.2, 0) is 14.3 Å². The molecule has 1 N–H and O–H groups in total. The van der Waals surface area contributed by atoms with Crippen molar-refractivity contribution in [3.05, 3.63) is 22.8 Å². The fourth-order valence-electron chi connectivity index (χ4n) is 2.06. The number of carbonyl (C=O) groups is 2. The molecule has 1 amide bonds. The van der Waals surface area contributed by atoms with E-state index in [9.17, 15) is 9.59 Å². The predicted octanol–water partition coefficient (Wildman–Crippen LogP) is 1.42. The number of pyridine rings is 1. The minimum Gasteiger partial charge on any atom is -0.461 e. The largest absolute Gasteiger partial charge is 0.461 e. The Morgan fingerprint density at radius 1 is 1.60 bits per heavy atom. The standard InChI is InChI=1S/C13H16BrN3O3/c1-8-5-10(13(19)20-8)17(2)7-12(18)16-11-4-3-9(14)6-15-11/h3-4,6,8,10H,5,7H2,1-2H3,(H,15,16,18)/t8-,10-/m0/s1. The van der Waals surface area contributed by atoms with Crippen LogP contribution in [-0.4, -0.2) is 47.5 Å². The van der Waals surface area contributed by atoms with E-state index in [2.05, 4.69) is 26.2 Å². The first-order chi connectivity index (χ1) is 9.45. The molecular formula is C13H16BrN3O3. The lowest BCUT2D eigenvalue weighted by atomic mass is 10.1. The number of halogens is 1. The number of rotatable bonds is 4. The van der Waals surface area contributed by atoms with E-state index < -0.39 is 0 Å². The lowest BCUT2D eigenvalue weighted by molar-refractivity contribution is -0.144. The average molecular weight is 342 g/mol. The Labute approximate surface area is 125 Å². The van der Waals surface area contributed by atoms with E-state index in [1.807, 2.05) is 6.92 Å². The zero-order valence-electron chi connectivity index (χ0n) is 11.3. The fraction of sp³-hybridized carbons (Fsp3) is 0.462. The normalized spacial score (nSPS) is 21.9. The highest BCUT2D eigenvalue weighted by Crippen LogP contribution is 2.18. The van der Waals surface area contributed by atoms with Crippen molar-refractivity contribution in [2.45, 2.75) is 25.5 Å². The van der Waals surface area contributed by atoms with E-state index in [0.29, 0.717) is 12.2 Å². The van der Waals surface area contributed by atoms with Crippen molar-refractivity contribution in [3.63, 3.8) is 0 Å². The maximum absolute atomic E-state index is 11.9. The van der Waals surface area contributed by atoms with Gasteiger partial charge in [0.25, 0.3) is 0 Å². The molecule has 0 unspecified atom stereocenters. The summed E-state index contributed by atoms with van der Waals surface area (Å²) in [5, 5.41) is 2.68. The van der Waals surface area contributed by atoms with Gasteiger partial charge in [0.2, 0.25) is 5.91 Å². The van der Waals surface area contributed by atoms with Gasteiger partial charge in [-0.1, -0.05) is 0 Å². The third kappa shape index (κ3) is 3.77. The Morgan fingerprint density at radius 2 is 2.35 bits per heavy atom. The second-order valence-electron chi connectivity index (χ2n) is 4.82. The fourth-order valence-corrected chi connectivity index (χ4v) is 2.30. The van der Waals surface area contributed by atoms with Crippen molar-refractivity contribution in [3.8, 4) is 0 Å². The van der Waals surface area contributed by atoms with Crippen molar-refractivity contribution in [1.82, 2.24) is 9.88 Å². The molecule has 2 heterocycles. The first kappa shape index (κ1) is 14.9. The van der Waals surface area contributed by atoms with Gasteiger partial charge in [0.15, 0.2) is 0 Å². The highest BCUT2D eigenvalue weighted by molar-refractivity contribution is 9.10. The minimum absolute atomic E-state index is 0.0915. The molecule has 6 nitrogen and oxygen atoms in total. The molecule has 2 rings (SSSR count). The molecular weight excluding hydrogens is 326 g/mol. The van der Waals surface area contributed by atoms with E-state index in [1.165, 1.54) is 0 Å². The Hall–Kier alpha value is -1.47. The Balaban J connectivity index is 1.88. The second-order valence-corrected chi connectivity index (χ2v) is 5.74. The number of ether oxygens (including phenoxy) is 1. The molecule has 1 aromatic rings. The van der Waals surface area contributed by atoms with Crippen LogP contribution >= 0.6 is 15.9 Å². The van der Waals surface area contributed by atoms with E-state index in [-0.39, 0.29) is 30.6 Å². The molecule has 0 radical (unpaired) electrons. The van der Waals surface area contributed by atoms with E-state index in [4.69, 9.17) is 4.74 Å². The number of cyclic esters (lactones) is 1. The van der Waals surface area contributed by atoms with Gasteiger partial charge in [-0.15, -0.1) is 0 Å². The summed E-state index contributed by atoms with van der Waals surface area (Å²) < 4.78 is 5.92. The van der Waals surface area contributed by atoms with Gasteiger partial charge in [0, 0.05) is 17.1 Å². The number of anilines is 1. The molecule has 1 saturated heterocycles. The minimum atomic E-state index is -0.353. The Bertz CT molecular complexity index is 506. The van der Waals surface area contributed by atoms with E-state index >= 15 is 0 Å². The van der Waals surface area contributed by atoms with Gasteiger partial charge in [-0.2, -0.15) is 0 Å². The van der Waals surface area contributed by atoms with Crippen LogP contribution in [0.2, 0.25) is 0 Å². The molecule has 0 spiro atoms. The maximum atomic E-state index is 11.9. The summed E-state index contributed by atoms with van der Waals surface area (Å²) >= 11 is 3.27. The number of hydrogen-bond donors (Lipinski definition) is 1. The summed E-state index contributed by atoms with van der Waals surface area (Å²) in [5.74, 6) is -0.00166. The summed E-state index contributed by atoms with van der Waals surface area (Å²) in [6.45, 7) is 1.96. The maximum Gasteiger partial charge on any atom is 0.323 e. The van der Waals surface area contributed by atoms with Crippen LogP contribution in [0.25, 0.3) is 0 Å². The summed E-state index contributed by atoms with van der Waals surface area (Å²) in [4.78, 5) is 29.2. The molecule has 2 atom stereocenters. The monoisotopic (exact) mass is 341 g/mol. The van der Waals surface area contributed by atoms with E-state index in [1.54, 1.807) is 30.3 Å². The van der Waals surface area contributed by atoms with Crippen LogP contribution < -0.4 is 5.32 Å². The number of carbonyl (C=O) groups excluding carboxylic acids is 2. The summed E-state index contributed by atoms with van der Waals surface area (Å²) in [6.07, 6.45) is 2.13. The topological polar surface area (TPSA) is 71.5 Å². The molecule has 0 bridgehead atoms. The van der Waals surface area contributed by atoms with Crippen LogP contribution in [0.5, 0.6) is 0 Å². The molecule has 1 aromatic heterocycles. The average Bonchev–Trinajstić information content (AvgIpc) is 2.71. The number of hydrogen-bond acceptors (Lipinski definition) is 5. The third-order valence-electron chi connectivity index (χ3n) is 3.06. The smallest absolute Gasteiger partial charge is 0.323 e. The number of nitrogens with zero attached hydrogens (tertiary/aromatic N) is 2. The molecule has 0 saturated carbocycles. The zero-order valence-corrected chi connectivity index (χ0v) is 12.9. The number of nitrogens with one attached hydrogen (secondary N) is 1. The molecule has 7 heteroatoms. The SMILES string of the molecule is C[C@H]1C[C@H](N(C)CC(=O)Nc2ccc(Br)cn2)C(=O)O1. The van der Waals surface area contributed by atoms with Gasteiger partial charge in [0.05, 0.1) is 6.54 Å². The van der Waals surface area contributed by atoms with Crippen LogP contribution in [0.3, 0.4) is 0 Å². The molecule has 1 fully saturated rings. The molecule has 20 heavy (non-hydrogen) atoms. The molecule has 0 aromatic carbocycles. The van der Waals surface area contributed by atoms with Gasteiger partial charge in [-0.25, -0.2) is 4.98 Å². The molecule has 0 aliphatic carbocycles. The number of aromatic nitrogens is 1. The Kier molecular flexibility index (Phi) is 4.72. The zero-order chi connectivity index (χ0) is 14.7. The lowest BCUT2D eigenvalue weighted by Crippen LogP contribution is -2.40. The van der Waals surface area contributed by atoms with Crippen molar-refractivity contribution < 1.29 is 14.3 Å². The molecule has 1 aliphatic heterocycles.